The van der Waals surface area contributed by atoms with Crippen LogP contribution in [0.25, 0.3) is 10.9 Å². The monoisotopic (exact) mass is 256 g/mol. The van der Waals surface area contributed by atoms with Crippen LogP contribution in [0.5, 0.6) is 0 Å². The summed E-state index contributed by atoms with van der Waals surface area (Å²) in [7, 11) is 2.17. The van der Waals surface area contributed by atoms with Crippen molar-refractivity contribution in [3.8, 4) is 0 Å². The first-order chi connectivity index (χ1) is 9.28. The van der Waals surface area contributed by atoms with Crippen molar-refractivity contribution < 1.29 is 0 Å². The lowest BCUT2D eigenvalue weighted by atomic mass is 10.1. The molecule has 1 aliphatic rings. The topological polar surface area (TPSA) is 45.4 Å². The largest absolute Gasteiger partial charge is 0.367 e. The fraction of sp³-hybridized carbons (Fsp3) is 0.400. The van der Waals surface area contributed by atoms with Gasteiger partial charge < -0.3 is 15.5 Å². The van der Waals surface area contributed by atoms with Gasteiger partial charge in [0.15, 0.2) is 0 Å². The van der Waals surface area contributed by atoms with Gasteiger partial charge in [0.1, 0.15) is 0 Å². The second kappa shape index (κ2) is 5.15. The molecule has 0 radical (unpaired) electrons. The maximum Gasteiger partial charge on any atom is 0.0935 e. The highest BCUT2D eigenvalue weighted by Gasteiger charge is 2.16. The lowest BCUT2D eigenvalue weighted by molar-refractivity contribution is 0.313. The van der Waals surface area contributed by atoms with Crippen molar-refractivity contribution in [2.75, 3.05) is 38.1 Å². The van der Waals surface area contributed by atoms with Crippen LogP contribution in [0.2, 0.25) is 0 Å². The molecule has 2 aromatic rings. The van der Waals surface area contributed by atoms with Gasteiger partial charge in [-0.05, 0) is 24.7 Å². The lowest BCUT2D eigenvalue weighted by Gasteiger charge is -2.34. The zero-order chi connectivity index (χ0) is 13.2. The third kappa shape index (κ3) is 2.41. The first kappa shape index (κ1) is 12.4. The van der Waals surface area contributed by atoms with Crippen molar-refractivity contribution in [3.05, 3.63) is 36.0 Å². The fourth-order valence-corrected chi connectivity index (χ4v) is 2.60. The van der Waals surface area contributed by atoms with Gasteiger partial charge in [-0.25, -0.2) is 0 Å². The molecule has 4 heteroatoms. The van der Waals surface area contributed by atoms with E-state index in [2.05, 4.69) is 46.1 Å². The van der Waals surface area contributed by atoms with Crippen LogP contribution in [-0.2, 0) is 6.54 Å². The van der Waals surface area contributed by atoms with E-state index in [9.17, 15) is 0 Å². The van der Waals surface area contributed by atoms with Crippen LogP contribution in [-0.4, -0.2) is 43.1 Å². The van der Waals surface area contributed by atoms with Gasteiger partial charge in [0, 0.05) is 44.3 Å². The number of fused-ring (bicyclic) bond motifs is 1. The predicted molar refractivity (Wildman–Crippen MR) is 79.3 cm³/mol. The molecule has 0 bridgehead atoms. The Balaban J connectivity index is 1.99. The Bertz CT molecular complexity index is 573. The number of anilines is 1. The third-order valence-corrected chi connectivity index (χ3v) is 3.83. The minimum Gasteiger partial charge on any atom is -0.367 e. The van der Waals surface area contributed by atoms with Gasteiger partial charge in [0.2, 0.25) is 0 Å². The zero-order valence-electron chi connectivity index (χ0n) is 11.3. The van der Waals surface area contributed by atoms with Gasteiger partial charge in [0.05, 0.1) is 11.2 Å². The summed E-state index contributed by atoms with van der Waals surface area (Å²) in [6.07, 6.45) is 1.89. The molecule has 1 aromatic carbocycles. The molecule has 2 heterocycles. The van der Waals surface area contributed by atoms with Crippen LogP contribution >= 0.6 is 0 Å². The molecular formula is C15H20N4. The molecule has 1 aliphatic heterocycles. The molecular weight excluding hydrogens is 236 g/mol. The molecule has 1 fully saturated rings. The molecule has 0 aliphatic carbocycles. The summed E-state index contributed by atoms with van der Waals surface area (Å²) < 4.78 is 0. The Hall–Kier alpha value is -1.65. The van der Waals surface area contributed by atoms with E-state index in [0.717, 1.165) is 37.3 Å². The number of benzene rings is 1. The van der Waals surface area contributed by atoms with Crippen LogP contribution in [0.4, 0.5) is 5.69 Å². The minimum absolute atomic E-state index is 0.543. The lowest BCUT2D eigenvalue weighted by Crippen LogP contribution is -2.44. The number of nitrogens with zero attached hydrogens (tertiary/aromatic N) is 3. The number of hydrogen-bond donors (Lipinski definition) is 1. The van der Waals surface area contributed by atoms with Crippen molar-refractivity contribution in [1.82, 2.24) is 9.88 Å². The summed E-state index contributed by atoms with van der Waals surface area (Å²) in [5.74, 6) is 0. The zero-order valence-corrected chi connectivity index (χ0v) is 11.3. The van der Waals surface area contributed by atoms with Crippen LogP contribution < -0.4 is 10.6 Å². The first-order valence-corrected chi connectivity index (χ1v) is 6.79. The minimum atomic E-state index is 0.543. The second-order valence-corrected chi connectivity index (χ2v) is 5.19. The SMILES string of the molecule is CN1CCN(c2cccc3cc(CN)cnc23)CC1. The first-order valence-electron chi connectivity index (χ1n) is 6.79. The molecule has 0 saturated carbocycles. The molecule has 0 unspecified atom stereocenters. The average molecular weight is 256 g/mol. The van der Waals surface area contributed by atoms with E-state index in [1.165, 1.54) is 11.1 Å². The summed E-state index contributed by atoms with van der Waals surface area (Å²) in [6, 6.07) is 8.53. The highest BCUT2D eigenvalue weighted by Crippen LogP contribution is 2.26. The Morgan fingerprint density at radius 2 is 2.00 bits per heavy atom. The third-order valence-electron chi connectivity index (χ3n) is 3.83. The quantitative estimate of drug-likeness (QED) is 0.883. The number of aromatic nitrogens is 1. The van der Waals surface area contributed by atoms with Crippen molar-refractivity contribution in [2.24, 2.45) is 5.73 Å². The van der Waals surface area contributed by atoms with Gasteiger partial charge in [-0.1, -0.05) is 12.1 Å². The number of hydrogen-bond acceptors (Lipinski definition) is 4. The van der Waals surface area contributed by atoms with E-state index in [1.807, 2.05) is 6.20 Å². The van der Waals surface area contributed by atoms with Crippen LogP contribution in [0.15, 0.2) is 30.5 Å². The van der Waals surface area contributed by atoms with Crippen molar-refractivity contribution >= 4 is 16.6 Å². The maximum absolute atomic E-state index is 5.68. The van der Waals surface area contributed by atoms with Crippen molar-refractivity contribution in [1.29, 1.82) is 0 Å². The summed E-state index contributed by atoms with van der Waals surface area (Å²) in [6.45, 7) is 4.89. The van der Waals surface area contributed by atoms with E-state index in [4.69, 9.17) is 5.73 Å². The summed E-state index contributed by atoms with van der Waals surface area (Å²) >= 11 is 0. The normalized spacial score (nSPS) is 17.1. The molecule has 1 aromatic heterocycles. The second-order valence-electron chi connectivity index (χ2n) is 5.19. The molecule has 19 heavy (non-hydrogen) atoms. The molecule has 4 nitrogen and oxygen atoms in total. The molecule has 2 N–H and O–H groups in total. The molecule has 0 atom stereocenters. The highest BCUT2D eigenvalue weighted by molar-refractivity contribution is 5.91. The van der Waals surface area contributed by atoms with Crippen LogP contribution in [0, 0.1) is 0 Å². The van der Waals surface area contributed by atoms with Gasteiger partial charge in [-0.15, -0.1) is 0 Å². The van der Waals surface area contributed by atoms with E-state index in [-0.39, 0.29) is 0 Å². The number of para-hydroxylation sites is 1. The molecule has 3 rings (SSSR count). The van der Waals surface area contributed by atoms with Crippen molar-refractivity contribution in [2.45, 2.75) is 6.54 Å². The number of piperazine rings is 1. The van der Waals surface area contributed by atoms with Gasteiger partial charge >= 0.3 is 0 Å². The summed E-state index contributed by atoms with van der Waals surface area (Å²) in [5, 5.41) is 1.18. The predicted octanol–water partition coefficient (Wildman–Crippen LogP) is 1.45. The van der Waals surface area contributed by atoms with E-state index < -0.39 is 0 Å². The van der Waals surface area contributed by atoms with Crippen LogP contribution in [0.3, 0.4) is 0 Å². The Kier molecular flexibility index (Phi) is 3.36. The van der Waals surface area contributed by atoms with E-state index in [0.29, 0.717) is 6.54 Å². The van der Waals surface area contributed by atoms with Gasteiger partial charge in [-0.2, -0.15) is 0 Å². The fourth-order valence-electron chi connectivity index (χ4n) is 2.60. The molecule has 1 saturated heterocycles. The van der Waals surface area contributed by atoms with Crippen LogP contribution in [0.1, 0.15) is 5.56 Å². The Morgan fingerprint density at radius 1 is 1.21 bits per heavy atom. The van der Waals surface area contributed by atoms with Gasteiger partial charge in [-0.3, -0.25) is 4.98 Å². The van der Waals surface area contributed by atoms with E-state index in [1.54, 1.807) is 0 Å². The number of rotatable bonds is 2. The smallest absolute Gasteiger partial charge is 0.0935 e. The molecule has 0 spiro atoms. The summed E-state index contributed by atoms with van der Waals surface area (Å²) in [4.78, 5) is 9.40. The highest BCUT2D eigenvalue weighted by atomic mass is 15.2. The number of pyridine rings is 1. The molecule has 100 valence electrons. The summed E-state index contributed by atoms with van der Waals surface area (Å²) in [5.41, 5.74) is 9.10. The Labute approximate surface area is 113 Å². The molecule has 0 amide bonds. The average Bonchev–Trinajstić information content (AvgIpc) is 2.47. The van der Waals surface area contributed by atoms with Gasteiger partial charge in [0.25, 0.3) is 0 Å². The number of nitrogens with two attached hydrogens (primary N) is 1. The van der Waals surface area contributed by atoms with Crippen molar-refractivity contribution in [3.63, 3.8) is 0 Å². The Morgan fingerprint density at radius 3 is 2.74 bits per heavy atom. The maximum atomic E-state index is 5.68. The van der Waals surface area contributed by atoms with E-state index >= 15 is 0 Å². The number of likely N-dealkylation sites (N-methyl/N-ethyl adjacent to an activating group) is 1. The standard InChI is InChI=1S/C15H20N4/c1-18-5-7-19(8-6-18)14-4-2-3-13-9-12(10-16)11-17-15(13)14/h2-4,9,11H,5-8,10,16H2,1H3.